The zero-order valence-electron chi connectivity index (χ0n) is 21.0. The number of benzene rings is 1. The van der Waals surface area contributed by atoms with Gasteiger partial charge in [-0.15, -0.1) is 0 Å². The number of carbonyl (C=O) groups excluding carboxylic acids is 1. The molecule has 0 atom stereocenters. The normalized spacial score (nSPS) is 11.4. The van der Waals surface area contributed by atoms with Crippen molar-refractivity contribution in [2.75, 3.05) is 20.3 Å². The maximum absolute atomic E-state index is 13.1. The van der Waals surface area contributed by atoms with E-state index in [4.69, 9.17) is 18.3 Å². The van der Waals surface area contributed by atoms with Crippen molar-refractivity contribution in [3.8, 4) is 11.5 Å². The van der Waals surface area contributed by atoms with E-state index in [2.05, 4.69) is 12.2 Å². The second-order valence-corrected chi connectivity index (χ2v) is 9.79. The first-order chi connectivity index (χ1) is 16.0. The summed E-state index contributed by atoms with van der Waals surface area (Å²) in [5.74, 6) is 0.745. The topological polar surface area (TPSA) is 83.1 Å². The second kappa shape index (κ2) is 17.9. The minimum absolute atomic E-state index is 0.0444. The van der Waals surface area contributed by atoms with Crippen LogP contribution in [0.1, 0.15) is 97.0 Å². The van der Waals surface area contributed by atoms with Gasteiger partial charge in [0.15, 0.2) is 11.5 Å². The fourth-order valence-electron chi connectivity index (χ4n) is 3.10. The molecular formula is C25H44NO6P. The van der Waals surface area contributed by atoms with Gasteiger partial charge in [0.05, 0.1) is 20.3 Å². The summed E-state index contributed by atoms with van der Waals surface area (Å²) >= 11 is 0. The summed E-state index contributed by atoms with van der Waals surface area (Å²) in [5, 5.41) is 2.95. The molecule has 0 radical (unpaired) electrons. The molecule has 0 aromatic heterocycles. The monoisotopic (exact) mass is 485 g/mol. The van der Waals surface area contributed by atoms with Gasteiger partial charge in [-0.05, 0) is 37.0 Å². The molecular weight excluding hydrogens is 441 g/mol. The Morgan fingerprint density at radius 1 is 0.848 bits per heavy atom. The molecule has 8 heteroatoms. The summed E-state index contributed by atoms with van der Waals surface area (Å²) in [4.78, 5) is 12.1. The van der Waals surface area contributed by atoms with Crippen LogP contribution < -0.4 is 14.6 Å². The molecule has 0 spiro atoms. The van der Waals surface area contributed by atoms with Crippen molar-refractivity contribution < 1.29 is 27.7 Å². The van der Waals surface area contributed by atoms with Crippen molar-refractivity contribution in [1.82, 2.24) is 5.32 Å². The average Bonchev–Trinajstić information content (AvgIpc) is 2.81. The van der Waals surface area contributed by atoms with Crippen molar-refractivity contribution in [3.05, 3.63) is 23.8 Å². The Bertz CT molecular complexity index is 698. The molecule has 1 aromatic rings. The lowest BCUT2D eigenvalue weighted by molar-refractivity contribution is -0.121. The highest BCUT2D eigenvalue weighted by atomic mass is 31.2. The number of methoxy groups -OCH3 is 1. The molecule has 1 amide bonds. The van der Waals surface area contributed by atoms with E-state index < -0.39 is 7.82 Å². The van der Waals surface area contributed by atoms with Crippen LogP contribution in [-0.4, -0.2) is 26.2 Å². The first kappa shape index (κ1) is 29.5. The number of carbonyl (C=O) groups is 1. The van der Waals surface area contributed by atoms with Crippen LogP contribution in [0.4, 0.5) is 0 Å². The van der Waals surface area contributed by atoms with Gasteiger partial charge in [0.1, 0.15) is 0 Å². The van der Waals surface area contributed by atoms with Crippen LogP contribution in [0, 0.1) is 0 Å². The highest BCUT2D eigenvalue weighted by molar-refractivity contribution is 7.48. The SMILES string of the molecule is CCCCCCCCC(=O)NCc1ccc(OP(=O)(OCCCC)OCCCC)c(OC)c1. The van der Waals surface area contributed by atoms with Crippen molar-refractivity contribution in [1.29, 1.82) is 0 Å². The molecule has 1 N–H and O–H groups in total. The highest BCUT2D eigenvalue weighted by Gasteiger charge is 2.29. The summed E-state index contributed by atoms with van der Waals surface area (Å²) in [6.45, 7) is 7.24. The molecule has 0 aliphatic rings. The van der Waals surface area contributed by atoms with Gasteiger partial charge in [-0.2, -0.15) is 0 Å². The fraction of sp³-hybridized carbons (Fsp3) is 0.720. The molecule has 33 heavy (non-hydrogen) atoms. The lowest BCUT2D eigenvalue weighted by atomic mass is 10.1. The van der Waals surface area contributed by atoms with Crippen LogP contribution in [0.5, 0.6) is 11.5 Å². The lowest BCUT2D eigenvalue weighted by Crippen LogP contribution is -2.22. The number of hydrogen-bond acceptors (Lipinski definition) is 6. The van der Waals surface area contributed by atoms with E-state index >= 15 is 0 Å². The molecule has 0 fully saturated rings. The van der Waals surface area contributed by atoms with Gasteiger partial charge in [0, 0.05) is 13.0 Å². The summed E-state index contributed by atoms with van der Waals surface area (Å²) in [5.41, 5.74) is 0.865. The van der Waals surface area contributed by atoms with Gasteiger partial charge >= 0.3 is 7.82 Å². The molecule has 0 saturated heterocycles. The standard InChI is InChI=1S/C25H44NO6P/c1-5-8-11-12-13-14-15-25(27)26-21-22-16-17-23(24(20-22)29-4)32-33(28,30-18-9-6-2)31-19-10-7-3/h16-17,20H,5-15,18-19,21H2,1-4H3,(H,26,27). The molecule has 0 aliphatic carbocycles. The maximum atomic E-state index is 13.1. The van der Waals surface area contributed by atoms with Crippen LogP contribution in [-0.2, 0) is 25.0 Å². The third-order valence-corrected chi connectivity index (χ3v) is 6.60. The van der Waals surface area contributed by atoms with Crippen LogP contribution >= 0.6 is 7.82 Å². The largest absolute Gasteiger partial charge is 0.530 e. The zero-order chi connectivity index (χ0) is 24.4. The predicted octanol–water partition coefficient (Wildman–Crippen LogP) is 7.18. The van der Waals surface area contributed by atoms with E-state index in [1.165, 1.54) is 32.8 Å². The lowest BCUT2D eigenvalue weighted by Gasteiger charge is -2.20. The molecule has 0 aliphatic heterocycles. The van der Waals surface area contributed by atoms with Crippen molar-refractivity contribution in [2.45, 2.75) is 97.9 Å². The Labute approximate surface area is 200 Å². The number of hydrogen-bond donors (Lipinski definition) is 1. The van der Waals surface area contributed by atoms with Crippen molar-refractivity contribution in [3.63, 3.8) is 0 Å². The average molecular weight is 486 g/mol. The van der Waals surface area contributed by atoms with E-state index in [1.807, 2.05) is 19.9 Å². The van der Waals surface area contributed by atoms with Gasteiger partial charge in [0.2, 0.25) is 5.91 Å². The van der Waals surface area contributed by atoms with Gasteiger partial charge in [-0.25, -0.2) is 4.57 Å². The Kier molecular flexibility index (Phi) is 15.9. The third-order valence-electron chi connectivity index (χ3n) is 5.18. The fourth-order valence-corrected chi connectivity index (χ4v) is 4.38. The van der Waals surface area contributed by atoms with Gasteiger partial charge in [-0.3, -0.25) is 13.8 Å². The first-order valence-electron chi connectivity index (χ1n) is 12.5. The Balaban J connectivity index is 2.64. The van der Waals surface area contributed by atoms with Gasteiger partial charge in [0.25, 0.3) is 0 Å². The van der Waals surface area contributed by atoms with Crippen LogP contribution in [0.25, 0.3) is 0 Å². The maximum Gasteiger partial charge on any atom is 0.530 e. The highest BCUT2D eigenvalue weighted by Crippen LogP contribution is 2.51. The van der Waals surface area contributed by atoms with Gasteiger partial charge < -0.3 is 14.6 Å². The van der Waals surface area contributed by atoms with Crippen LogP contribution in [0.2, 0.25) is 0 Å². The molecule has 1 aromatic carbocycles. The number of ether oxygens (including phenoxy) is 1. The molecule has 0 saturated carbocycles. The summed E-state index contributed by atoms with van der Waals surface area (Å²) in [6.07, 6.45) is 10.8. The predicted molar refractivity (Wildman–Crippen MR) is 133 cm³/mol. The smallest absolute Gasteiger partial charge is 0.493 e. The Morgan fingerprint density at radius 2 is 1.45 bits per heavy atom. The number of phosphoric ester groups is 1. The quantitative estimate of drug-likeness (QED) is 0.156. The molecule has 7 nitrogen and oxygen atoms in total. The third kappa shape index (κ3) is 13.0. The summed E-state index contributed by atoms with van der Waals surface area (Å²) in [7, 11) is -2.24. The molecule has 190 valence electrons. The molecule has 0 unspecified atom stereocenters. The molecule has 0 heterocycles. The minimum Gasteiger partial charge on any atom is -0.493 e. The van der Waals surface area contributed by atoms with E-state index in [-0.39, 0.29) is 11.7 Å². The van der Waals surface area contributed by atoms with Crippen molar-refractivity contribution >= 4 is 13.7 Å². The van der Waals surface area contributed by atoms with Crippen LogP contribution in [0.15, 0.2) is 18.2 Å². The minimum atomic E-state index is -3.76. The Hall–Kier alpha value is -1.56. The number of rotatable bonds is 20. The number of phosphoric acid groups is 1. The number of unbranched alkanes of at least 4 members (excludes halogenated alkanes) is 7. The van der Waals surface area contributed by atoms with Gasteiger partial charge in [-0.1, -0.05) is 71.8 Å². The van der Waals surface area contributed by atoms with Crippen LogP contribution in [0.3, 0.4) is 0 Å². The van der Waals surface area contributed by atoms with E-state index in [0.717, 1.165) is 44.1 Å². The summed E-state index contributed by atoms with van der Waals surface area (Å²) in [6, 6.07) is 5.25. The molecule has 0 bridgehead atoms. The van der Waals surface area contributed by atoms with E-state index in [0.29, 0.717) is 31.9 Å². The van der Waals surface area contributed by atoms with E-state index in [9.17, 15) is 9.36 Å². The summed E-state index contributed by atoms with van der Waals surface area (Å²) < 4.78 is 35.2. The second-order valence-electron chi connectivity index (χ2n) is 8.19. The number of nitrogens with one attached hydrogen (secondary N) is 1. The first-order valence-corrected chi connectivity index (χ1v) is 14.0. The van der Waals surface area contributed by atoms with Crippen molar-refractivity contribution in [2.24, 2.45) is 0 Å². The zero-order valence-corrected chi connectivity index (χ0v) is 21.9. The van der Waals surface area contributed by atoms with E-state index in [1.54, 1.807) is 12.1 Å². The molecule has 1 rings (SSSR count). The number of amides is 1. The Morgan fingerprint density at radius 3 is 2.06 bits per heavy atom.